The Labute approximate surface area is 118 Å². The number of hydrogen-bond acceptors (Lipinski definition) is 3. The van der Waals surface area contributed by atoms with Crippen molar-refractivity contribution in [3.8, 4) is 0 Å². The van der Waals surface area contributed by atoms with Gasteiger partial charge in [-0.05, 0) is 50.1 Å². The fourth-order valence-electron chi connectivity index (χ4n) is 4.24. The quantitative estimate of drug-likeness (QED) is 0.823. The van der Waals surface area contributed by atoms with Gasteiger partial charge in [0.05, 0.1) is 6.61 Å². The standard InChI is InChI=1S/C16H32N2O/c1-14-6-5-8-16(10-14,12-17)13-18-9-4-2-3-7-15(18)11-19/h14-15,19H,2-13,17H2,1H3. The van der Waals surface area contributed by atoms with Crippen LogP contribution < -0.4 is 5.73 Å². The second-order valence-corrected chi connectivity index (χ2v) is 7.06. The van der Waals surface area contributed by atoms with Crippen LogP contribution in [-0.2, 0) is 0 Å². The predicted molar refractivity (Wildman–Crippen MR) is 80.0 cm³/mol. The molecular formula is C16H32N2O. The minimum atomic E-state index is 0.315. The third-order valence-electron chi connectivity index (χ3n) is 5.37. The number of likely N-dealkylation sites (tertiary alicyclic amines) is 1. The van der Waals surface area contributed by atoms with Crippen molar-refractivity contribution >= 4 is 0 Å². The first kappa shape index (κ1) is 15.3. The Morgan fingerprint density at radius 1 is 1.21 bits per heavy atom. The molecule has 0 aromatic heterocycles. The number of nitrogens with two attached hydrogens (primary N) is 1. The molecule has 2 aliphatic rings. The smallest absolute Gasteiger partial charge is 0.0586 e. The average Bonchev–Trinajstić information content (AvgIpc) is 2.63. The summed E-state index contributed by atoms with van der Waals surface area (Å²) in [7, 11) is 0. The van der Waals surface area contributed by atoms with Crippen molar-refractivity contribution in [2.24, 2.45) is 17.1 Å². The zero-order chi connectivity index (χ0) is 13.7. The highest BCUT2D eigenvalue weighted by atomic mass is 16.3. The largest absolute Gasteiger partial charge is 0.395 e. The number of aliphatic hydroxyl groups excluding tert-OH is 1. The van der Waals surface area contributed by atoms with Crippen LogP contribution in [0.25, 0.3) is 0 Å². The SMILES string of the molecule is CC1CCCC(CN)(CN2CCCCCC2CO)C1. The number of rotatable bonds is 4. The summed E-state index contributed by atoms with van der Waals surface area (Å²) in [5, 5.41) is 9.65. The van der Waals surface area contributed by atoms with Crippen molar-refractivity contribution in [2.75, 3.05) is 26.2 Å². The third-order valence-corrected chi connectivity index (χ3v) is 5.37. The van der Waals surface area contributed by atoms with E-state index in [2.05, 4.69) is 11.8 Å². The summed E-state index contributed by atoms with van der Waals surface area (Å²) in [6.07, 6.45) is 10.3. The second kappa shape index (κ2) is 7.05. The summed E-state index contributed by atoms with van der Waals surface area (Å²) in [6.45, 7) is 5.76. The molecule has 0 spiro atoms. The highest BCUT2D eigenvalue weighted by molar-refractivity contribution is 4.91. The van der Waals surface area contributed by atoms with Crippen LogP contribution in [0.15, 0.2) is 0 Å². The number of hydrogen-bond donors (Lipinski definition) is 2. The van der Waals surface area contributed by atoms with Gasteiger partial charge in [0, 0.05) is 12.6 Å². The molecule has 112 valence electrons. The van der Waals surface area contributed by atoms with E-state index in [4.69, 9.17) is 5.73 Å². The van der Waals surface area contributed by atoms with Gasteiger partial charge in [0.25, 0.3) is 0 Å². The Bertz CT molecular complexity index is 271. The summed E-state index contributed by atoms with van der Waals surface area (Å²) in [5.41, 5.74) is 6.47. The van der Waals surface area contributed by atoms with E-state index in [0.717, 1.165) is 32.0 Å². The van der Waals surface area contributed by atoms with Crippen molar-refractivity contribution < 1.29 is 5.11 Å². The summed E-state index contributed by atoms with van der Waals surface area (Å²) < 4.78 is 0. The second-order valence-electron chi connectivity index (χ2n) is 7.06. The lowest BCUT2D eigenvalue weighted by Crippen LogP contribution is -2.49. The zero-order valence-corrected chi connectivity index (χ0v) is 12.6. The predicted octanol–water partition coefficient (Wildman–Crippen LogP) is 2.38. The van der Waals surface area contributed by atoms with Crippen molar-refractivity contribution in [1.82, 2.24) is 4.90 Å². The van der Waals surface area contributed by atoms with Gasteiger partial charge in [0.15, 0.2) is 0 Å². The number of nitrogens with zero attached hydrogens (tertiary/aromatic N) is 1. The minimum absolute atomic E-state index is 0.315. The molecule has 3 atom stereocenters. The summed E-state index contributed by atoms with van der Waals surface area (Å²) in [6, 6.07) is 0.378. The zero-order valence-electron chi connectivity index (χ0n) is 12.6. The van der Waals surface area contributed by atoms with Gasteiger partial charge in [-0.15, -0.1) is 0 Å². The van der Waals surface area contributed by atoms with Gasteiger partial charge >= 0.3 is 0 Å². The monoisotopic (exact) mass is 268 g/mol. The van der Waals surface area contributed by atoms with Crippen molar-refractivity contribution in [3.05, 3.63) is 0 Å². The highest BCUT2D eigenvalue weighted by Crippen LogP contribution is 2.40. The van der Waals surface area contributed by atoms with Crippen LogP contribution in [0, 0.1) is 11.3 Å². The summed E-state index contributed by atoms with van der Waals surface area (Å²) >= 11 is 0. The molecule has 0 aromatic carbocycles. The van der Waals surface area contributed by atoms with Gasteiger partial charge < -0.3 is 10.8 Å². The summed E-state index contributed by atoms with van der Waals surface area (Å²) in [4.78, 5) is 2.55. The summed E-state index contributed by atoms with van der Waals surface area (Å²) in [5.74, 6) is 0.817. The Morgan fingerprint density at radius 2 is 2.05 bits per heavy atom. The lowest BCUT2D eigenvalue weighted by molar-refractivity contribution is 0.0454. The van der Waals surface area contributed by atoms with Crippen LogP contribution in [0.1, 0.15) is 58.3 Å². The molecule has 3 unspecified atom stereocenters. The van der Waals surface area contributed by atoms with Crippen molar-refractivity contribution in [2.45, 2.75) is 64.3 Å². The van der Waals surface area contributed by atoms with Crippen LogP contribution in [0.4, 0.5) is 0 Å². The molecule has 1 saturated heterocycles. The highest BCUT2D eigenvalue weighted by Gasteiger charge is 2.37. The normalized spacial score (nSPS) is 38.1. The van der Waals surface area contributed by atoms with Gasteiger partial charge in [-0.3, -0.25) is 4.90 Å². The lowest BCUT2D eigenvalue weighted by Gasteiger charge is -2.44. The van der Waals surface area contributed by atoms with Crippen LogP contribution in [0.5, 0.6) is 0 Å². The van der Waals surface area contributed by atoms with Gasteiger partial charge in [0.1, 0.15) is 0 Å². The van der Waals surface area contributed by atoms with Gasteiger partial charge in [-0.1, -0.05) is 32.6 Å². The molecule has 3 N–H and O–H groups in total. The molecule has 3 nitrogen and oxygen atoms in total. The van der Waals surface area contributed by atoms with Gasteiger partial charge in [0.2, 0.25) is 0 Å². The molecule has 2 rings (SSSR count). The van der Waals surface area contributed by atoms with Crippen LogP contribution >= 0.6 is 0 Å². The van der Waals surface area contributed by atoms with E-state index < -0.39 is 0 Å². The Morgan fingerprint density at radius 3 is 2.74 bits per heavy atom. The van der Waals surface area contributed by atoms with E-state index in [9.17, 15) is 5.11 Å². The Kier molecular flexibility index (Phi) is 5.67. The minimum Gasteiger partial charge on any atom is -0.395 e. The van der Waals surface area contributed by atoms with E-state index in [0.29, 0.717) is 18.1 Å². The molecule has 0 aromatic rings. The molecule has 1 heterocycles. The Balaban J connectivity index is 2.02. The molecule has 3 heteroatoms. The molecule has 1 aliphatic carbocycles. The average molecular weight is 268 g/mol. The first-order valence-electron chi connectivity index (χ1n) is 8.24. The van der Waals surface area contributed by atoms with E-state index in [1.807, 2.05) is 0 Å². The number of aliphatic hydroxyl groups is 1. The van der Waals surface area contributed by atoms with E-state index in [1.165, 1.54) is 44.9 Å². The maximum atomic E-state index is 9.65. The van der Waals surface area contributed by atoms with Gasteiger partial charge in [-0.25, -0.2) is 0 Å². The topological polar surface area (TPSA) is 49.5 Å². The van der Waals surface area contributed by atoms with Crippen molar-refractivity contribution in [3.63, 3.8) is 0 Å². The molecule has 0 amide bonds. The van der Waals surface area contributed by atoms with Crippen molar-refractivity contribution in [1.29, 1.82) is 0 Å². The molecule has 0 bridgehead atoms. The molecule has 19 heavy (non-hydrogen) atoms. The first-order chi connectivity index (χ1) is 9.19. The van der Waals surface area contributed by atoms with Crippen LogP contribution in [-0.4, -0.2) is 42.3 Å². The fraction of sp³-hybridized carbons (Fsp3) is 1.00. The van der Waals surface area contributed by atoms with Crippen LogP contribution in [0.2, 0.25) is 0 Å². The molecule has 0 radical (unpaired) electrons. The fourth-order valence-corrected chi connectivity index (χ4v) is 4.24. The van der Waals surface area contributed by atoms with E-state index in [1.54, 1.807) is 0 Å². The van der Waals surface area contributed by atoms with E-state index in [-0.39, 0.29) is 0 Å². The molecule has 1 saturated carbocycles. The first-order valence-corrected chi connectivity index (χ1v) is 8.24. The van der Waals surface area contributed by atoms with Gasteiger partial charge in [-0.2, -0.15) is 0 Å². The molecular weight excluding hydrogens is 236 g/mol. The maximum absolute atomic E-state index is 9.65. The maximum Gasteiger partial charge on any atom is 0.0586 e. The molecule has 1 aliphatic heterocycles. The lowest BCUT2D eigenvalue weighted by atomic mass is 9.69. The third kappa shape index (κ3) is 3.93. The van der Waals surface area contributed by atoms with E-state index >= 15 is 0 Å². The molecule has 2 fully saturated rings. The Hall–Kier alpha value is -0.120. The van der Waals surface area contributed by atoms with Crippen LogP contribution in [0.3, 0.4) is 0 Å².